The molecule has 0 saturated heterocycles. The van der Waals surface area contributed by atoms with Crippen LogP contribution in [0.3, 0.4) is 0 Å². The Hall–Kier alpha value is -2.22. The maximum Gasteiger partial charge on any atom is 0.126 e. The van der Waals surface area contributed by atoms with E-state index in [9.17, 15) is 5.11 Å². The van der Waals surface area contributed by atoms with Crippen molar-refractivity contribution in [3.05, 3.63) is 72.0 Å². The van der Waals surface area contributed by atoms with E-state index >= 15 is 0 Å². The lowest BCUT2D eigenvalue weighted by Crippen LogP contribution is -2.18. The van der Waals surface area contributed by atoms with Gasteiger partial charge in [-0.3, -0.25) is 0 Å². The number of hydrogen-bond donors (Lipinski definition) is 1. The Morgan fingerprint density at radius 3 is 1.85 bits per heavy atom. The van der Waals surface area contributed by atoms with Gasteiger partial charge in [-0.25, -0.2) is 0 Å². The number of allylic oxidation sites excluding steroid dienone is 1. The highest BCUT2D eigenvalue weighted by Crippen LogP contribution is 2.33. The van der Waals surface area contributed by atoms with E-state index in [1.54, 1.807) is 12.1 Å². The highest BCUT2D eigenvalue weighted by atomic mass is 16.5. The van der Waals surface area contributed by atoms with Gasteiger partial charge in [0.25, 0.3) is 0 Å². The van der Waals surface area contributed by atoms with Gasteiger partial charge in [-0.2, -0.15) is 0 Å². The molecular weight excluding hydrogens is 248 g/mol. The molecule has 1 N–H and O–H groups in total. The van der Waals surface area contributed by atoms with Gasteiger partial charge in [0.1, 0.15) is 11.5 Å². The molecule has 0 atom stereocenters. The first-order valence-electron chi connectivity index (χ1n) is 6.63. The van der Waals surface area contributed by atoms with Crippen LogP contribution >= 0.6 is 0 Å². The van der Waals surface area contributed by atoms with Crippen molar-refractivity contribution in [2.45, 2.75) is 26.2 Å². The van der Waals surface area contributed by atoms with Gasteiger partial charge in [0.2, 0.25) is 0 Å². The van der Waals surface area contributed by atoms with Crippen molar-refractivity contribution in [1.82, 2.24) is 0 Å². The number of hydrogen-bond acceptors (Lipinski definition) is 2. The fourth-order valence-corrected chi connectivity index (χ4v) is 2.19. The number of phenols is 1. The van der Waals surface area contributed by atoms with E-state index in [-0.39, 0.29) is 11.2 Å². The zero-order chi connectivity index (χ0) is 14.8. The Bertz CT molecular complexity index is 592. The summed E-state index contributed by atoms with van der Waals surface area (Å²) in [5, 5.41) is 9.39. The van der Waals surface area contributed by atoms with Crippen molar-refractivity contribution >= 4 is 0 Å². The number of ether oxygens (including phenoxy) is 1. The summed E-state index contributed by atoms with van der Waals surface area (Å²) < 4.78 is 5.48. The molecule has 0 amide bonds. The predicted octanol–water partition coefficient (Wildman–Crippen LogP) is 4.63. The summed E-state index contributed by atoms with van der Waals surface area (Å²) in [7, 11) is 0. The van der Waals surface area contributed by atoms with E-state index in [4.69, 9.17) is 4.74 Å². The summed E-state index contributed by atoms with van der Waals surface area (Å²) in [5.74, 6) is 1.76. The van der Waals surface area contributed by atoms with E-state index in [2.05, 4.69) is 32.6 Å². The van der Waals surface area contributed by atoms with Crippen LogP contribution in [0.2, 0.25) is 0 Å². The van der Waals surface area contributed by atoms with Crippen molar-refractivity contribution in [3.63, 3.8) is 0 Å². The molecule has 2 nitrogen and oxygen atoms in total. The van der Waals surface area contributed by atoms with E-state index in [0.717, 1.165) is 11.3 Å². The van der Waals surface area contributed by atoms with Gasteiger partial charge >= 0.3 is 0 Å². The van der Waals surface area contributed by atoms with E-state index in [0.29, 0.717) is 5.76 Å². The highest BCUT2D eigenvalue weighted by Gasteiger charge is 2.22. The molecule has 0 radical (unpaired) electrons. The summed E-state index contributed by atoms with van der Waals surface area (Å²) in [6.07, 6.45) is 0. The Morgan fingerprint density at radius 2 is 1.40 bits per heavy atom. The van der Waals surface area contributed by atoms with Crippen LogP contribution in [-0.4, -0.2) is 5.11 Å². The fraction of sp³-hybridized carbons (Fsp3) is 0.222. The van der Waals surface area contributed by atoms with Crippen LogP contribution in [0, 0.1) is 0 Å². The SMILES string of the molecule is C=C(C)Oc1ccc(C(C)(C)c2ccc(O)cc2)cc1. The van der Waals surface area contributed by atoms with Crippen LogP contribution in [0.1, 0.15) is 31.9 Å². The Kier molecular flexibility index (Phi) is 3.84. The zero-order valence-corrected chi connectivity index (χ0v) is 12.2. The molecule has 104 valence electrons. The van der Waals surface area contributed by atoms with Crippen LogP contribution < -0.4 is 4.74 Å². The Balaban J connectivity index is 2.29. The Morgan fingerprint density at radius 1 is 0.950 bits per heavy atom. The molecular formula is C18H20O2. The lowest BCUT2D eigenvalue weighted by molar-refractivity contribution is 0.430. The molecule has 0 bridgehead atoms. The van der Waals surface area contributed by atoms with Crippen LogP contribution in [-0.2, 0) is 5.41 Å². The minimum atomic E-state index is -0.130. The first kappa shape index (κ1) is 14.2. The van der Waals surface area contributed by atoms with Crippen LogP contribution in [0.5, 0.6) is 11.5 Å². The summed E-state index contributed by atoms with van der Waals surface area (Å²) in [5.41, 5.74) is 2.22. The maximum absolute atomic E-state index is 9.39. The summed E-state index contributed by atoms with van der Waals surface area (Å²) in [6.45, 7) is 9.88. The molecule has 2 rings (SSSR count). The van der Waals surface area contributed by atoms with Gasteiger partial charge in [0.05, 0.1) is 5.76 Å². The summed E-state index contributed by atoms with van der Waals surface area (Å²) in [6, 6.07) is 15.4. The molecule has 2 aromatic rings. The van der Waals surface area contributed by atoms with E-state index in [1.165, 1.54) is 5.56 Å². The summed E-state index contributed by atoms with van der Waals surface area (Å²) in [4.78, 5) is 0. The van der Waals surface area contributed by atoms with Crippen molar-refractivity contribution in [2.75, 3.05) is 0 Å². The smallest absolute Gasteiger partial charge is 0.126 e. The van der Waals surface area contributed by atoms with Crippen LogP contribution in [0.4, 0.5) is 0 Å². The minimum absolute atomic E-state index is 0.130. The molecule has 0 unspecified atom stereocenters. The van der Waals surface area contributed by atoms with Gasteiger partial charge in [-0.1, -0.05) is 44.7 Å². The molecule has 0 aliphatic heterocycles. The highest BCUT2D eigenvalue weighted by molar-refractivity contribution is 5.41. The molecule has 20 heavy (non-hydrogen) atoms. The second-order valence-corrected chi connectivity index (χ2v) is 5.50. The molecule has 0 aliphatic carbocycles. The summed E-state index contributed by atoms with van der Waals surface area (Å²) >= 11 is 0. The quantitative estimate of drug-likeness (QED) is 0.819. The normalized spacial score (nSPS) is 11.2. The zero-order valence-electron chi connectivity index (χ0n) is 12.2. The second kappa shape index (κ2) is 5.41. The lowest BCUT2D eigenvalue weighted by atomic mass is 9.78. The van der Waals surface area contributed by atoms with Gasteiger partial charge in [-0.15, -0.1) is 0 Å². The van der Waals surface area contributed by atoms with Crippen molar-refractivity contribution in [2.24, 2.45) is 0 Å². The average Bonchev–Trinajstić information content (AvgIpc) is 2.39. The number of benzene rings is 2. The number of aromatic hydroxyl groups is 1. The minimum Gasteiger partial charge on any atom is -0.508 e. The first-order chi connectivity index (χ1) is 9.39. The standard InChI is InChI=1S/C18H20O2/c1-13(2)20-17-11-7-15(8-12-17)18(3,4)14-5-9-16(19)10-6-14/h5-12,19H,1H2,2-4H3. The largest absolute Gasteiger partial charge is 0.508 e. The van der Waals surface area contributed by atoms with E-state index in [1.807, 2.05) is 31.2 Å². The molecule has 2 heteroatoms. The van der Waals surface area contributed by atoms with Gasteiger partial charge < -0.3 is 9.84 Å². The van der Waals surface area contributed by atoms with Gasteiger partial charge in [0, 0.05) is 5.41 Å². The number of phenolic OH excluding ortho intramolecular Hbond substituents is 1. The molecule has 0 spiro atoms. The number of rotatable bonds is 4. The van der Waals surface area contributed by atoms with E-state index < -0.39 is 0 Å². The molecule has 2 aromatic carbocycles. The van der Waals surface area contributed by atoms with Crippen molar-refractivity contribution in [3.8, 4) is 11.5 Å². The second-order valence-electron chi connectivity index (χ2n) is 5.50. The van der Waals surface area contributed by atoms with Crippen molar-refractivity contribution in [1.29, 1.82) is 0 Å². The van der Waals surface area contributed by atoms with Gasteiger partial charge in [-0.05, 0) is 42.3 Å². The molecule has 0 aromatic heterocycles. The van der Waals surface area contributed by atoms with Gasteiger partial charge in [0.15, 0.2) is 0 Å². The predicted molar refractivity (Wildman–Crippen MR) is 82.1 cm³/mol. The third-order valence-corrected chi connectivity index (χ3v) is 3.46. The molecule has 0 heterocycles. The average molecular weight is 268 g/mol. The lowest BCUT2D eigenvalue weighted by Gasteiger charge is -2.26. The monoisotopic (exact) mass is 268 g/mol. The topological polar surface area (TPSA) is 29.5 Å². The first-order valence-corrected chi connectivity index (χ1v) is 6.63. The third kappa shape index (κ3) is 3.02. The third-order valence-electron chi connectivity index (χ3n) is 3.46. The Labute approximate surface area is 120 Å². The molecule has 0 fully saturated rings. The maximum atomic E-state index is 9.39. The van der Waals surface area contributed by atoms with Crippen LogP contribution in [0.15, 0.2) is 60.9 Å². The van der Waals surface area contributed by atoms with Crippen molar-refractivity contribution < 1.29 is 9.84 Å². The fourth-order valence-electron chi connectivity index (χ4n) is 2.19. The van der Waals surface area contributed by atoms with Crippen LogP contribution in [0.25, 0.3) is 0 Å². The molecule has 0 aliphatic rings. The molecule has 0 saturated carbocycles.